The summed E-state index contributed by atoms with van der Waals surface area (Å²) in [4.78, 5) is 21.2. The molecule has 2 heterocycles. The number of nitrogens with two attached hydrogens (primary N) is 1. The number of rotatable bonds is 3. The molecule has 1 aromatic heterocycles. The summed E-state index contributed by atoms with van der Waals surface area (Å²) in [7, 11) is 0. The summed E-state index contributed by atoms with van der Waals surface area (Å²) in [5, 5.41) is 0. The molecule has 1 aliphatic rings. The third-order valence-electron chi connectivity index (χ3n) is 3.75. The van der Waals surface area contributed by atoms with Crippen LogP contribution in [0.2, 0.25) is 0 Å². The molecule has 5 nitrogen and oxygen atoms in total. The molecule has 1 aromatic carbocycles. The van der Waals surface area contributed by atoms with E-state index in [4.69, 9.17) is 5.73 Å². The number of benzene rings is 1. The number of carbonyl (C=O) groups is 1. The maximum absolute atomic E-state index is 12.4. The van der Waals surface area contributed by atoms with Gasteiger partial charge in [-0.25, -0.2) is 4.98 Å². The van der Waals surface area contributed by atoms with E-state index in [1.54, 1.807) is 12.5 Å². The van der Waals surface area contributed by atoms with Crippen molar-refractivity contribution in [1.82, 2.24) is 14.9 Å². The van der Waals surface area contributed by atoms with Crippen molar-refractivity contribution in [2.24, 2.45) is 5.73 Å². The zero-order valence-electron chi connectivity index (χ0n) is 11.2. The highest BCUT2D eigenvalue weighted by molar-refractivity contribution is 5.82. The van der Waals surface area contributed by atoms with Gasteiger partial charge in [0.2, 0.25) is 5.91 Å². The highest BCUT2D eigenvalue weighted by Gasteiger charge is 2.25. The van der Waals surface area contributed by atoms with E-state index in [0.717, 1.165) is 18.7 Å². The van der Waals surface area contributed by atoms with E-state index >= 15 is 0 Å². The molecule has 3 rings (SSSR count). The number of carbonyl (C=O) groups excluding carboxylic acids is 1. The highest BCUT2D eigenvalue weighted by Crippen LogP contribution is 2.19. The average Bonchev–Trinajstić information content (AvgIpc) is 2.99. The van der Waals surface area contributed by atoms with E-state index in [2.05, 4.69) is 22.1 Å². The molecule has 104 valence electrons. The van der Waals surface area contributed by atoms with Crippen LogP contribution in [0.25, 0.3) is 0 Å². The number of aromatic nitrogens is 2. The van der Waals surface area contributed by atoms with Crippen molar-refractivity contribution in [1.29, 1.82) is 0 Å². The third-order valence-corrected chi connectivity index (χ3v) is 3.75. The van der Waals surface area contributed by atoms with Gasteiger partial charge in [0.05, 0.1) is 12.4 Å². The fourth-order valence-corrected chi connectivity index (χ4v) is 2.64. The minimum absolute atomic E-state index is 0.00843. The van der Waals surface area contributed by atoms with Crippen LogP contribution < -0.4 is 5.73 Å². The van der Waals surface area contributed by atoms with E-state index in [1.807, 2.05) is 17.0 Å². The van der Waals surface area contributed by atoms with Crippen molar-refractivity contribution in [2.45, 2.75) is 25.4 Å². The Hall–Kier alpha value is -2.14. The van der Waals surface area contributed by atoms with E-state index < -0.39 is 6.04 Å². The first-order valence-corrected chi connectivity index (χ1v) is 6.82. The second-order valence-electron chi connectivity index (χ2n) is 5.17. The number of hydrogen-bond donors (Lipinski definition) is 2. The van der Waals surface area contributed by atoms with Gasteiger partial charge in [-0.05, 0) is 17.5 Å². The standard InChI is InChI=1S/C15H18N4O/c16-14(7-13-8-17-10-18-13)15(20)19-6-5-11-3-1-2-4-12(11)9-19/h1-4,8,10,14H,5-7,9,16H2,(H,17,18)/t14-/m0/s1. The summed E-state index contributed by atoms with van der Waals surface area (Å²) < 4.78 is 0. The van der Waals surface area contributed by atoms with Crippen LogP contribution in [0.3, 0.4) is 0 Å². The van der Waals surface area contributed by atoms with Crippen molar-refractivity contribution in [3.63, 3.8) is 0 Å². The third kappa shape index (κ3) is 2.58. The summed E-state index contributed by atoms with van der Waals surface area (Å²) >= 11 is 0. The second kappa shape index (κ2) is 5.46. The predicted octanol–water partition coefficient (Wildman–Crippen LogP) is 0.864. The summed E-state index contributed by atoms with van der Waals surface area (Å²) in [6.07, 6.45) is 4.71. The van der Waals surface area contributed by atoms with Gasteiger partial charge < -0.3 is 15.6 Å². The highest BCUT2D eigenvalue weighted by atomic mass is 16.2. The average molecular weight is 270 g/mol. The lowest BCUT2D eigenvalue weighted by atomic mass is 9.99. The Kier molecular flexibility index (Phi) is 3.52. The lowest BCUT2D eigenvalue weighted by Crippen LogP contribution is -2.46. The zero-order chi connectivity index (χ0) is 13.9. The molecule has 0 radical (unpaired) electrons. The number of hydrogen-bond acceptors (Lipinski definition) is 3. The van der Waals surface area contributed by atoms with Crippen LogP contribution in [0.5, 0.6) is 0 Å². The Morgan fingerprint density at radius 1 is 1.40 bits per heavy atom. The van der Waals surface area contributed by atoms with Crippen molar-refractivity contribution >= 4 is 5.91 Å². The van der Waals surface area contributed by atoms with Crippen molar-refractivity contribution in [3.8, 4) is 0 Å². The quantitative estimate of drug-likeness (QED) is 0.868. The lowest BCUT2D eigenvalue weighted by Gasteiger charge is -2.30. The first-order valence-electron chi connectivity index (χ1n) is 6.82. The van der Waals surface area contributed by atoms with Crippen LogP contribution in [-0.2, 0) is 24.2 Å². The number of nitrogens with one attached hydrogen (secondary N) is 1. The van der Waals surface area contributed by atoms with Crippen LogP contribution in [0, 0.1) is 0 Å². The Bertz CT molecular complexity index is 594. The summed E-state index contributed by atoms with van der Waals surface area (Å²) in [6, 6.07) is 7.75. The van der Waals surface area contributed by atoms with E-state index in [-0.39, 0.29) is 5.91 Å². The number of nitrogens with zero attached hydrogens (tertiary/aromatic N) is 2. The van der Waals surface area contributed by atoms with Crippen LogP contribution >= 0.6 is 0 Å². The normalized spacial score (nSPS) is 15.8. The fraction of sp³-hybridized carbons (Fsp3) is 0.333. The van der Waals surface area contributed by atoms with Crippen LogP contribution in [-0.4, -0.2) is 33.4 Å². The molecule has 0 saturated heterocycles. The molecular formula is C15H18N4O. The summed E-state index contributed by atoms with van der Waals surface area (Å²) in [5.41, 5.74) is 9.47. The molecule has 3 N–H and O–H groups in total. The van der Waals surface area contributed by atoms with Crippen molar-refractivity contribution < 1.29 is 4.79 Å². The van der Waals surface area contributed by atoms with Crippen LogP contribution in [0.4, 0.5) is 0 Å². The van der Waals surface area contributed by atoms with Crippen LogP contribution in [0.15, 0.2) is 36.8 Å². The van der Waals surface area contributed by atoms with Gasteiger partial charge in [0.25, 0.3) is 0 Å². The van der Waals surface area contributed by atoms with Gasteiger partial charge in [-0.2, -0.15) is 0 Å². The van der Waals surface area contributed by atoms with E-state index in [0.29, 0.717) is 13.0 Å². The van der Waals surface area contributed by atoms with E-state index in [9.17, 15) is 4.79 Å². The van der Waals surface area contributed by atoms with Gasteiger partial charge in [0.1, 0.15) is 0 Å². The van der Waals surface area contributed by atoms with E-state index in [1.165, 1.54) is 11.1 Å². The first kappa shape index (κ1) is 12.9. The van der Waals surface area contributed by atoms with Crippen LogP contribution in [0.1, 0.15) is 16.8 Å². The smallest absolute Gasteiger partial charge is 0.240 e. The molecule has 0 aliphatic carbocycles. The fourth-order valence-electron chi connectivity index (χ4n) is 2.64. The molecule has 20 heavy (non-hydrogen) atoms. The van der Waals surface area contributed by atoms with Gasteiger partial charge in [0, 0.05) is 31.4 Å². The number of imidazole rings is 1. The molecule has 0 fully saturated rings. The monoisotopic (exact) mass is 270 g/mol. The summed E-state index contributed by atoms with van der Waals surface area (Å²) in [6.45, 7) is 1.40. The second-order valence-corrected chi connectivity index (χ2v) is 5.17. The Morgan fingerprint density at radius 2 is 2.20 bits per heavy atom. The zero-order valence-corrected chi connectivity index (χ0v) is 11.2. The summed E-state index contributed by atoms with van der Waals surface area (Å²) in [5.74, 6) is 0.00843. The molecule has 1 amide bonds. The molecule has 0 bridgehead atoms. The maximum atomic E-state index is 12.4. The van der Waals surface area contributed by atoms with Gasteiger partial charge in [-0.3, -0.25) is 4.79 Å². The maximum Gasteiger partial charge on any atom is 0.240 e. The number of H-pyrrole nitrogens is 1. The predicted molar refractivity (Wildman–Crippen MR) is 75.8 cm³/mol. The Labute approximate surface area is 117 Å². The topological polar surface area (TPSA) is 75.0 Å². The molecular weight excluding hydrogens is 252 g/mol. The van der Waals surface area contributed by atoms with Gasteiger partial charge in [-0.1, -0.05) is 24.3 Å². The van der Waals surface area contributed by atoms with Crippen molar-refractivity contribution in [3.05, 3.63) is 53.6 Å². The minimum Gasteiger partial charge on any atom is -0.348 e. The molecule has 1 atom stereocenters. The van der Waals surface area contributed by atoms with Gasteiger partial charge >= 0.3 is 0 Å². The largest absolute Gasteiger partial charge is 0.348 e. The molecule has 0 unspecified atom stereocenters. The lowest BCUT2D eigenvalue weighted by molar-refractivity contribution is -0.133. The van der Waals surface area contributed by atoms with Crippen molar-refractivity contribution in [2.75, 3.05) is 6.54 Å². The Morgan fingerprint density at radius 3 is 2.95 bits per heavy atom. The number of amides is 1. The Balaban J connectivity index is 1.66. The minimum atomic E-state index is -0.513. The molecule has 2 aromatic rings. The first-order chi connectivity index (χ1) is 9.74. The molecule has 5 heteroatoms. The molecule has 1 aliphatic heterocycles. The number of fused-ring (bicyclic) bond motifs is 1. The molecule has 0 spiro atoms. The van der Waals surface area contributed by atoms with Gasteiger partial charge in [-0.15, -0.1) is 0 Å². The number of aromatic amines is 1. The SMILES string of the molecule is N[C@@H](Cc1cnc[nH]1)C(=O)N1CCc2ccccc2C1. The molecule has 0 saturated carbocycles. The van der Waals surface area contributed by atoms with Gasteiger partial charge in [0.15, 0.2) is 0 Å².